The molecular formula is C16H23NO. The van der Waals surface area contributed by atoms with Crippen molar-refractivity contribution in [2.75, 3.05) is 13.7 Å². The summed E-state index contributed by atoms with van der Waals surface area (Å²) in [6.07, 6.45) is 5.30. The second-order valence-corrected chi connectivity index (χ2v) is 5.85. The molecule has 0 radical (unpaired) electrons. The summed E-state index contributed by atoms with van der Waals surface area (Å²) < 4.78 is 5.31. The molecule has 0 spiro atoms. The lowest BCUT2D eigenvalue weighted by Crippen LogP contribution is -2.38. The van der Waals surface area contributed by atoms with E-state index in [9.17, 15) is 0 Å². The van der Waals surface area contributed by atoms with Crippen LogP contribution >= 0.6 is 0 Å². The molecule has 0 bridgehead atoms. The van der Waals surface area contributed by atoms with Crippen molar-refractivity contribution in [1.82, 2.24) is 5.32 Å². The van der Waals surface area contributed by atoms with E-state index in [0.29, 0.717) is 12.0 Å². The van der Waals surface area contributed by atoms with Gasteiger partial charge in [-0.3, -0.25) is 0 Å². The van der Waals surface area contributed by atoms with Crippen molar-refractivity contribution in [2.45, 2.75) is 44.6 Å². The van der Waals surface area contributed by atoms with E-state index < -0.39 is 0 Å². The van der Waals surface area contributed by atoms with E-state index in [-0.39, 0.29) is 0 Å². The quantitative estimate of drug-likeness (QED) is 0.880. The first-order chi connectivity index (χ1) is 8.78. The smallest absolute Gasteiger partial charge is 0.119 e. The Kier molecular flexibility index (Phi) is 3.29. The van der Waals surface area contributed by atoms with E-state index >= 15 is 0 Å². The molecule has 0 aromatic heterocycles. The molecule has 0 amide bonds. The molecule has 1 fully saturated rings. The fourth-order valence-electron chi connectivity index (χ4n) is 3.07. The topological polar surface area (TPSA) is 21.3 Å². The average molecular weight is 245 g/mol. The summed E-state index contributed by atoms with van der Waals surface area (Å²) in [6, 6.07) is 7.22. The maximum atomic E-state index is 5.31. The van der Waals surface area contributed by atoms with Gasteiger partial charge in [-0.2, -0.15) is 0 Å². The van der Waals surface area contributed by atoms with Crippen LogP contribution in [0.2, 0.25) is 0 Å². The molecule has 0 heterocycles. The summed E-state index contributed by atoms with van der Waals surface area (Å²) in [5, 5.41) is 3.77. The Bertz CT molecular complexity index is 425. The second kappa shape index (κ2) is 4.93. The molecule has 1 N–H and O–H groups in total. The predicted octanol–water partition coefficient (Wildman–Crippen LogP) is 3.11. The highest BCUT2D eigenvalue weighted by atomic mass is 16.5. The number of aryl methyl sites for hydroxylation is 1. The molecule has 0 saturated heterocycles. The minimum absolute atomic E-state index is 0.624. The van der Waals surface area contributed by atoms with Gasteiger partial charge in [-0.1, -0.05) is 13.0 Å². The van der Waals surface area contributed by atoms with Gasteiger partial charge in [0.1, 0.15) is 5.75 Å². The maximum absolute atomic E-state index is 5.31. The molecule has 2 aliphatic carbocycles. The highest BCUT2D eigenvalue weighted by Gasteiger charge is 2.28. The fraction of sp³-hybridized carbons (Fsp3) is 0.625. The lowest BCUT2D eigenvalue weighted by molar-refractivity contribution is 0.391. The number of nitrogens with one attached hydrogen (secondary N) is 1. The van der Waals surface area contributed by atoms with E-state index in [2.05, 4.69) is 30.4 Å². The number of fused-ring (bicyclic) bond motifs is 1. The number of hydrogen-bond acceptors (Lipinski definition) is 2. The number of methoxy groups -OCH3 is 1. The van der Waals surface area contributed by atoms with Crippen molar-refractivity contribution >= 4 is 0 Å². The van der Waals surface area contributed by atoms with Crippen LogP contribution in [-0.2, 0) is 6.42 Å². The zero-order chi connectivity index (χ0) is 12.5. The normalized spacial score (nSPS) is 26.8. The molecule has 2 unspecified atom stereocenters. The Labute approximate surface area is 110 Å². The average Bonchev–Trinajstić information content (AvgIpc) is 3.21. The summed E-state index contributed by atoms with van der Waals surface area (Å²) in [4.78, 5) is 0. The largest absolute Gasteiger partial charge is 0.497 e. The molecule has 1 aromatic carbocycles. The van der Waals surface area contributed by atoms with Crippen LogP contribution in [0.1, 0.15) is 43.2 Å². The van der Waals surface area contributed by atoms with E-state index in [0.717, 1.165) is 11.7 Å². The zero-order valence-corrected chi connectivity index (χ0v) is 11.4. The Morgan fingerprint density at radius 2 is 2.11 bits per heavy atom. The predicted molar refractivity (Wildman–Crippen MR) is 74.2 cm³/mol. The van der Waals surface area contributed by atoms with Gasteiger partial charge in [0.2, 0.25) is 0 Å². The Morgan fingerprint density at radius 1 is 1.28 bits per heavy atom. The SMILES string of the molecule is COc1ccc2c(c1)CCC(NCC1CC1)C2C. The van der Waals surface area contributed by atoms with Gasteiger partial charge in [0.15, 0.2) is 0 Å². The number of benzene rings is 1. The van der Waals surface area contributed by atoms with Crippen molar-refractivity contribution in [2.24, 2.45) is 5.92 Å². The van der Waals surface area contributed by atoms with Crippen LogP contribution in [0.15, 0.2) is 18.2 Å². The van der Waals surface area contributed by atoms with Crippen LogP contribution < -0.4 is 10.1 Å². The Hall–Kier alpha value is -1.02. The molecule has 2 aliphatic rings. The standard InChI is InChI=1S/C16H23NO/c1-11-15-7-6-14(18-2)9-13(15)5-8-16(11)17-10-12-3-4-12/h6-7,9,11-12,16-17H,3-5,8,10H2,1-2H3. The van der Waals surface area contributed by atoms with Crippen molar-refractivity contribution in [1.29, 1.82) is 0 Å². The first-order valence-electron chi connectivity index (χ1n) is 7.18. The molecule has 18 heavy (non-hydrogen) atoms. The zero-order valence-electron chi connectivity index (χ0n) is 11.4. The van der Waals surface area contributed by atoms with Crippen molar-refractivity contribution in [3.05, 3.63) is 29.3 Å². The van der Waals surface area contributed by atoms with Gasteiger partial charge >= 0.3 is 0 Å². The summed E-state index contributed by atoms with van der Waals surface area (Å²) in [5.74, 6) is 2.58. The third-order valence-corrected chi connectivity index (χ3v) is 4.53. The molecule has 2 nitrogen and oxygen atoms in total. The number of hydrogen-bond donors (Lipinski definition) is 1. The molecule has 2 heteroatoms. The van der Waals surface area contributed by atoms with Crippen molar-refractivity contribution < 1.29 is 4.74 Å². The van der Waals surface area contributed by atoms with E-state index in [1.165, 1.54) is 43.4 Å². The molecule has 98 valence electrons. The van der Waals surface area contributed by atoms with E-state index in [4.69, 9.17) is 4.74 Å². The minimum atomic E-state index is 0.624. The summed E-state index contributed by atoms with van der Waals surface area (Å²) in [6.45, 7) is 3.58. The first kappa shape index (κ1) is 12.0. The first-order valence-corrected chi connectivity index (χ1v) is 7.18. The van der Waals surface area contributed by atoms with Crippen molar-refractivity contribution in [3.63, 3.8) is 0 Å². The second-order valence-electron chi connectivity index (χ2n) is 5.85. The fourth-order valence-corrected chi connectivity index (χ4v) is 3.07. The highest BCUT2D eigenvalue weighted by Crippen LogP contribution is 2.34. The van der Waals surface area contributed by atoms with Gasteiger partial charge < -0.3 is 10.1 Å². The van der Waals surface area contributed by atoms with Crippen LogP contribution in [0.5, 0.6) is 5.75 Å². The van der Waals surface area contributed by atoms with E-state index in [1.807, 2.05) is 0 Å². The Balaban J connectivity index is 1.71. The summed E-state index contributed by atoms with van der Waals surface area (Å²) in [7, 11) is 1.74. The van der Waals surface area contributed by atoms with Gasteiger partial charge in [0.05, 0.1) is 7.11 Å². The Morgan fingerprint density at radius 3 is 2.83 bits per heavy atom. The molecule has 2 atom stereocenters. The summed E-state index contributed by atoms with van der Waals surface area (Å²) >= 11 is 0. The monoisotopic (exact) mass is 245 g/mol. The van der Waals surface area contributed by atoms with Gasteiger partial charge in [0.25, 0.3) is 0 Å². The molecule has 1 aromatic rings. The maximum Gasteiger partial charge on any atom is 0.119 e. The van der Waals surface area contributed by atoms with Crippen molar-refractivity contribution in [3.8, 4) is 5.75 Å². The van der Waals surface area contributed by atoms with Gasteiger partial charge in [-0.05, 0) is 67.3 Å². The van der Waals surface area contributed by atoms with Crippen LogP contribution in [0.3, 0.4) is 0 Å². The summed E-state index contributed by atoms with van der Waals surface area (Å²) in [5.41, 5.74) is 2.99. The third kappa shape index (κ3) is 2.39. The van der Waals surface area contributed by atoms with Gasteiger partial charge in [-0.15, -0.1) is 0 Å². The third-order valence-electron chi connectivity index (χ3n) is 4.53. The number of rotatable bonds is 4. The highest BCUT2D eigenvalue weighted by molar-refractivity contribution is 5.40. The van der Waals surface area contributed by atoms with Gasteiger partial charge in [-0.25, -0.2) is 0 Å². The molecule has 0 aliphatic heterocycles. The van der Waals surface area contributed by atoms with Crippen LogP contribution in [-0.4, -0.2) is 19.7 Å². The number of ether oxygens (including phenoxy) is 1. The van der Waals surface area contributed by atoms with Crippen LogP contribution in [0.25, 0.3) is 0 Å². The minimum Gasteiger partial charge on any atom is -0.497 e. The lowest BCUT2D eigenvalue weighted by atomic mass is 9.80. The molecule has 1 saturated carbocycles. The van der Waals surface area contributed by atoms with Crippen LogP contribution in [0.4, 0.5) is 0 Å². The van der Waals surface area contributed by atoms with Gasteiger partial charge in [0, 0.05) is 6.04 Å². The molecule has 3 rings (SSSR count). The van der Waals surface area contributed by atoms with Crippen LogP contribution in [0, 0.1) is 5.92 Å². The van der Waals surface area contributed by atoms with E-state index in [1.54, 1.807) is 7.11 Å². The lowest BCUT2D eigenvalue weighted by Gasteiger charge is -2.32. The molecular weight excluding hydrogens is 222 g/mol.